The Morgan fingerprint density at radius 3 is 2.47 bits per heavy atom. The summed E-state index contributed by atoms with van der Waals surface area (Å²) in [6.45, 7) is 0. The van der Waals surface area contributed by atoms with E-state index < -0.39 is 0 Å². The average Bonchev–Trinajstić information content (AvgIpc) is 2.33. The van der Waals surface area contributed by atoms with Gasteiger partial charge in [0.1, 0.15) is 6.04 Å². The Balaban J connectivity index is 2.34. The van der Waals surface area contributed by atoms with Gasteiger partial charge in [0.05, 0.1) is 11.9 Å². The molecule has 5 nitrogen and oxygen atoms in total. The maximum atomic E-state index is 4.22. The van der Waals surface area contributed by atoms with Crippen LogP contribution in [-0.4, -0.2) is 27.0 Å². The van der Waals surface area contributed by atoms with Crippen LogP contribution in [0.5, 0.6) is 0 Å². The molecular weight excluding hydrogens is 190 g/mol. The molecule has 15 heavy (non-hydrogen) atoms. The van der Waals surface area contributed by atoms with Crippen LogP contribution in [0.1, 0.15) is 17.6 Å². The zero-order valence-corrected chi connectivity index (χ0v) is 8.33. The normalized spacial score (nSPS) is 12.3. The summed E-state index contributed by atoms with van der Waals surface area (Å²) in [6, 6.07) is 1.67. The summed E-state index contributed by atoms with van der Waals surface area (Å²) in [7, 11) is 1.84. The van der Waals surface area contributed by atoms with Gasteiger partial charge in [-0.05, 0) is 13.1 Å². The molecule has 1 atom stereocenters. The van der Waals surface area contributed by atoms with Crippen LogP contribution < -0.4 is 5.32 Å². The third-order valence-electron chi connectivity index (χ3n) is 2.01. The van der Waals surface area contributed by atoms with Crippen LogP contribution in [0.25, 0.3) is 0 Å². The maximum Gasteiger partial charge on any atom is 0.151 e. The monoisotopic (exact) mass is 201 g/mol. The highest BCUT2D eigenvalue weighted by Gasteiger charge is 2.15. The molecule has 0 aromatic carbocycles. The molecule has 0 aliphatic rings. The summed E-state index contributed by atoms with van der Waals surface area (Å²) in [6.07, 6.45) is 8.42. The SMILES string of the molecule is CNC(c1cnccn1)c1ncccn1. The highest BCUT2D eigenvalue weighted by atomic mass is 15.0. The van der Waals surface area contributed by atoms with Crippen LogP contribution in [0.2, 0.25) is 0 Å². The lowest BCUT2D eigenvalue weighted by atomic mass is 10.2. The van der Waals surface area contributed by atoms with Crippen LogP contribution in [0.4, 0.5) is 0 Å². The Morgan fingerprint density at radius 2 is 1.87 bits per heavy atom. The second-order valence-electron chi connectivity index (χ2n) is 2.96. The first-order chi connectivity index (χ1) is 7.42. The van der Waals surface area contributed by atoms with Crippen molar-refractivity contribution in [3.05, 3.63) is 48.6 Å². The topological polar surface area (TPSA) is 63.6 Å². The van der Waals surface area contributed by atoms with E-state index in [2.05, 4.69) is 25.3 Å². The molecule has 2 aromatic rings. The Bertz CT molecular complexity index is 363. The minimum absolute atomic E-state index is 0.111. The minimum Gasteiger partial charge on any atom is -0.305 e. The molecule has 0 spiro atoms. The van der Waals surface area contributed by atoms with Gasteiger partial charge in [0.2, 0.25) is 0 Å². The third-order valence-corrected chi connectivity index (χ3v) is 2.01. The Hall–Kier alpha value is -1.88. The van der Waals surface area contributed by atoms with Crippen LogP contribution in [0.3, 0.4) is 0 Å². The summed E-state index contributed by atoms with van der Waals surface area (Å²) in [5.74, 6) is 0.695. The first-order valence-electron chi connectivity index (χ1n) is 4.62. The maximum absolute atomic E-state index is 4.22. The standard InChI is InChI=1S/C10H11N5/c1-11-9(8-7-12-5-6-13-8)10-14-3-2-4-15-10/h2-7,9,11H,1H3. The molecule has 0 fully saturated rings. The van der Waals surface area contributed by atoms with E-state index in [1.807, 2.05) is 7.05 Å². The van der Waals surface area contributed by atoms with E-state index in [0.717, 1.165) is 5.69 Å². The fourth-order valence-corrected chi connectivity index (χ4v) is 1.33. The lowest BCUT2D eigenvalue weighted by molar-refractivity contribution is 0.625. The molecule has 2 heterocycles. The Labute approximate surface area is 87.6 Å². The first kappa shape index (κ1) is 9.67. The molecule has 5 heteroatoms. The van der Waals surface area contributed by atoms with Crippen molar-refractivity contribution in [1.29, 1.82) is 0 Å². The van der Waals surface area contributed by atoms with E-state index in [1.54, 1.807) is 37.1 Å². The summed E-state index contributed by atoms with van der Waals surface area (Å²) in [5.41, 5.74) is 0.811. The summed E-state index contributed by atoms with van der Waals surface area (Å²) in [4.78, 5) is 16.6. The Kier molecular flexibility index (Phi) is 2.94. The molecule has 2 rings (SSSR count). The largest absolute Gasteiger partial charge is 0.305 e. The van der Waals surface area contributed by atoms with Crippen molar-refractivity contribution in [1.82, 2.24) is 25.3 Å². The van der Waals surface area contributed by atoms with E-state index in [-0.39, 0.29) is 6.04 Å². The second kappa shape index (κ2) is 4.56. The van der Waals surface area contributed by atoms with Crippen molar-refractivity contribution < 1.29 is 0 Å². The molecule has 0 saturated heterocycles. The highest BCUT2D eigenvalue weighted by molar-refractivity contribution is 5.13. The van der Waals surface area contributed by atoms with Gasteiger partial charge in [0, 0.05) is 24.8 Å². The highest BCUT2D eigenvalue weighted by Crippen LogP contribution is 2.13. The lowest BCUT2D eigenvalue weighted by Crippen LogP contribution is -2.21. The molecule has 1 unspecified atom stereocenters. The van der Waals surface area contributed by atoms with Crippen LogP contribution in [0.15, 0.2) is 37.1 Å². The zero-order valence-electron chi connectivity index (χ0n) is 8.33. The van der Waals surface area contributed by atoms with Gasteiger partial charge in [-0.1, -0.05) is 0 Å². The van der Waals surface area contributed by atoms with Crippen LogP contribution in [0, 0.1) is 0 Å². The number of hydrogen-bond acceptors (Lipinski definition) is 5. The van der Waals surface area contributed by atoms with Gasteiger partial charge in [0.25, 0.3) is 0 Å². The van der Waals surface area contributed by atoms with E-state index in [1.165, 1.54) is 0 Å². The van der Waals surface area contributed by atoms with Crippen molar-refractivity contribution in [2.24, 2.45) is 0 Å². The van der Waals surface area contributed by atoms with E-state index >= 15 is 0 Å². The number of hydrogen-bond donors (Lipinski definition) is 1. The van der Waals surface area contributed by atoms with Crippen LogP contribution >= 0.6 is 0 Å². The predicted molar refractivity (Wildman–Crippen MR) is 55.0 cm³/mol. The molecule has 1 N–H and O–H groups in total. The molecule has 0 bridgehead atoms. The number of nitrogens with zero attached hydrogens (tertiary/aromatic N) is 4. The van der Waals surface area contributed by atoms with Gasteiger partial charge in [-0.2, -0.15) is 0 Å². The number of nitrogens with one attached hydrogen (secondary N) is 1. The van der Waals surface area contributed by atoms with Gasteiger partial charge in [-0.25, -0.2) is 9.97 Å². The smallest absolute Gasteiger partial charge is 0.151 e. The van der Waals surface area contributed by atoms with Crippen molar-refractivity contribution in [2.75, 3.05) is 7.05 Å². The quantitative estimate of drug-likeness (QED) is 0.786. The lowest BCUT2D eigenvalue weighted by Gasteiger charge is -2.12. The molecule has 0 aliphatic carbocycles. The molecule has 2 aromatic heterocycles. The van der Waals surface area contributed by atoms with Gasteiger partial charge >= 0.3 is 0 Å². The van der Waals surface area contributed by atoms with Gasteiger partial charge < -0.3 is 5.32 Å². The third kappa shape index (κ3) is 2.13. The second-order valence-corrected chi connectivity index (χ2v) is 2.96. The predicted octanol–water partition coefficient (Wildman–Crippen LogP) is 0.575. The summed E-state index contributed by atoms with van der Waals surface area (Å²) < 4.78 is 0. The molecule has 76 valence electrons. The number of aromatic nitrogens is 4. The van der Waals surface area contributed by atoms with Crippen molar-refractivity contribution in [3.63, 3.8) is 0 Å². The Morgan fingerprint density at radius 1 is 1.07 bits per heavy atom. The number of rotatable bonds is 3. The van der Waals surface area contributed by atoms with Gasteiger partial charge in [0.15, 0.2) is 5.82 Å². The van der Waals surface area contributed by atoms with E-state index in [4.69, 9.17) is 0 Å². The van der Waals surface area contributed by atoms with Crippen molar-refractivity contribution in [2.45, 2.75) is 6.04 Å². The molecule has 0 saturated carbocycles. The fourth-order valence-electron chi connectivity index (χ4n) is 1.33. The van der Waals surface area contributed by atoms with E-state index in [0.29, 0.717) is 5.82 Å². The van der Waals surface area contributed by atoms with Crippen molar-refractivity contribution >= 4 is 0 Å². The summed E-state index contributed by atoms with van der Waals surface area (Å²) >= 11 is 0. The van der Waals surface area contributed by atoms with E-state index in [9.17, 15) is 0 Å². The fraction of sp³-hybridized carbons (Fsp3) is 0.200. The van der Waals surface area contributed by atoms with Gasteiger partial charge in [-0.15, -0.1) is 0 Å². The molecule has 0 radical (unpaired) electrons. The van der Waals surface area contributed by atoms with Crippen molar-refractivity contribution in [3.8, 4) is 0 Å². The van der Waals surface area contributed by atoms with Crippen LogP contribution in [-0.2, 0) is 0 Å². The summed E-state index contributed by atoms with van der Waals surface area (Å²) in [5, 5.41) is 3.11. The molecule has 0 amide bonds. The first-order valence-corrected chi connectivity index (χ1v) is 4.62. The van der Waals surface area contributed by atoms with Gasteiger partial charge in [-0.3, -0.25) is 9.97 Å². The molecular formula is C10H11N5. The minimum atomic E-state index is -0.111. The zero-order chi connectivity index (χ0) is 10.5. The molecule has 0 aliphatic heterocycles. The average molecular weight is 201 g/mol.